The van der Waals surface area contributed by atoms with Crippen molar-refractivity contribution in [1.29, 1.82) is 0 Å². The highest BCUT2D eigenvalue weighted by molar-refractivity contribution is 5.94. The predicted molar refractivity (Wildman–Crippen MR) is 76.8 cm³/mol. The van der Waals surface area contributed by atoms with Crippen LogP contribution in [0.4, 0.5) is 5.69 Å². The fourth-order valence-corrected chi connectivity index (χ4v) is 2.14. The molecular formula is C15H18N4O. The maximum absolute atomic E-state index is 11.8. The monoisotopic (exact) mass is 270 g/mol. The van der Waals surface area contributed by atoms with E-state index in [0.717, 1.165) is 29.9 Å². The van der Waals surface area contributed by atoms with E-state index in [-0.39, 0.29) is 11.8 Å². The lowest BCUT2D eigenvalue weighted by molar-refractivity contribution is -0.117. The van der Waals surface area contributed by atoms with Crippen molar-refractivity contribution in [3.63, 3.8) is 0 Å². The molecule has 3 rings (SSSR count). The Hall–Kier alpha value is -2.17. The highest BCUT2D eigenvalue weighted by Crippen LogP contribution is 2.30. The van der Waals surface area contributed by atoms with Gasteiger partial charge in [-0.15, -0.1) is 5.10 Å². The van der Waals surface area contributed by atoms with Crippen LogP contribution in [0.1, 0.15) is 38.3 Å². The van der Waals surface area contributed by atoms with E-state index < -0.39 is 0 Å². The van der Waals surface area contributed by atoms with E-state index >= 15 is 0 Å². The van der Waals surface area contributed by atoms with E-state index in [1.807, 2.05) is 28.9 Å². The maximum Gasteiger partial charge on any atom is 0.227 e. The Labute approximate surface area is 118 Å². The third-order valence-corrected chi connectivity index (χ3v) is 3.47. The first-order valence-corrected chi connectivity index (χ1v) is 6.97. The van der Waals surface area contributed by atoms with Gasteiger partial charge in [-0.1, -0.05) is 25.1 Å². The second kappa shape index (κ2) is 5.07. The zero-order valence-electron chi connectivity index (χ0n) is 11.7. The third-order valence-electron chi connectivity index (χ3n) is 3.47. The average molecular weight is 270 g/mol. The molecule has 0 spiro atoms. The number of aromatic nitrogens is 3. The smallest absolute Gasteiger partial charge is 0.227 e. The van der Waals surface area contributed by atoms with Crippen molar-refractivity contribution in [2.45, 2.75) is 32.6 Å². The van der Waals surface area contributed by atoms with E-state index in [2.05, 4.69) is 29.5 Å². The van der Waals surface area contributed by atoms with Crippen LogP contribution in [0.25, 0.3) is 5.69 Å². The molecule has 0 unspecified atom stereocenters. The van der Waals surface area contributed by atoms with Crippen LogP contribution in [0.5, 0.6) is 0 Å². The van der Waals surface area contributed by atoms with Gasteiger partial charge in [0, 0.05) is 11.6 Å². The zero-order valence-corrected chi connectivity index (χ0v) is 11.7. The van der Waals surface area contributed by atoms with Gasteiger partial charge < -0.3 is 5.32 Å². The van der Waals surface area contributed by atoms with Crippen molar-refractivity contribution < 1.29 is 4.79 Å². The summed E-state index contributed by atoms with van der Waals surface area (Å²) < 4.78 is 1.82. The fraction of sp³-hybridized carbons (Fsp3) is 0.400. The van der Waals surface area contributed by atoms with Gasteiger partial charge in [-0.05, 0) is 37.0 Å². The number of hydrogen-bond donors (Lipinski definition) is 1. The molecule has 1 aromatic carbocycles. The summed E-state index contributed by atoms with van der Waals surface area (Å²) in [5.41, 5.74) is 2.78. The van der Waals surface area contributed by atoms with Crippen LogP contribution in [-0.4, -0.2) is 20.9 Å². The molecule has 0 radical (unpaired) electrons. The molecule has 0 aliphatic heterocycles. The summed E-state index contributed by atoms with van der Waals surface area (Å²) in [5.74, 6) is 0.663. The summed E-state index contributed by atoms with van der Waals surface area (Å²) in [6.45, 7) is 4.21. The normalized spacial score (nSPS) is 14.6. The van der Waals surface area contributed by atoms with E-state index in [1.54, 1.807) is 6.20 Å². The molecule has 5 nitrogen and oxygen atoms in total. The van der Waals surface area contributed by atoms with Crippen LogP contribution in [0.3, 0.4) is 0 Å². The quantitative estimate of drug-likeness (QED) is 0.929. The number of carbonyl (C=O) groups excluding carboxylic acids is 1. The second-order valence-corrected chi connectivity index (χ2v) is 5.54. The van der Waals surface area contributed by atoms with Gasteiger partial charge >= 0.3 is 0 Å². The van der Waals surface area contributed by atoms with Crippen molar-refractivity contribution in [1.82, 2.24) is 15.0 Å². The van der Waals surface area contributed by atoms with Crippen molar-refractivity contribution in [3.05, 3.63) is 36.2 Å². The number of nitrogens with zero attached hydrogens (tertiary/aromatic N) is 3. The molecule has 1 aliphatic rings. The Morgan fingerprint density at radius 1 is 1.40 bits per heavy atom. The third kappa shape index (κ3) is 2.57. The number of amides is 1. The molecule has 1 saturated carbocycles. The lowest BCUT2D eigenvalue weighted by Gasteiger charge is -2.10. The Morgan fingerprint density at radius 3 is 2.90 bits per heavy atom. The van der Waals surface area contributed by atoms with Gasteiger partial charge in [-0.25, -0.2) is 4.68 Å². The SMILES string of the molecule is CC(C)c1cnnn1-c1cccc(NC(=O)C2CC2)c1. The topological polar surface area (TPSA) is 59.8 Å². The minimum absolute atomic E-state index is 0.116. The molecule has 5 heteroatoms. The molecule has 104 valence electrons. The van der Waals surface area contributed by atoms with Gasteiger partial charge in [0.15, 0.2) is 0 Å². The summed E-state index contributed by atoms with van der Waals surface area (Å²) in [7, 11) is 0. The molecule has 0 bridgehead atoms. The Bertz CT molecular complexity index is 628. The van der Waals surface area contributed by atoms with Crippen LogP contribution in [0, 0.1) is 5.92 Å². The maximum atomic E-state index is 11.8. The zero-order chi connectivity index (χ0) is 14.1. The number of carbonyl (C=O) groups is 1. The molecule has 1 fully saturated rings. The Morgan fingerprint density at radius 2 is 2.20 bits per heavy atom. The van der Waals surface area contributed by atoms with E-state index in [9.17, 15) is 4.79 Å². The summed E-state index contributed by atoms with van der Waals surface area (Å²) >= 11 is 0. The van der Waals surface area contributed by atoms with E-state index in [0.29, 0.717) is 5.92 Å². The van der Waals surface area contributed by atoms with E-state index in [1.165, 1.54) is 0 Å². The summed E-state index contributed by atoms with van der Waals surface area (Å²) in [6.07, 6.45) is 3.79. The molecule has 1 heterocycles. The Balaban J connectivity index is 1.86. The van der Waals surface area contributed by atoms with Gasteiger partial charge in [0.05, 0.1) is 17.6 Å². The average Bonchev–Trinajstić information content (AvgIpc) is 3.16. The first-order valence-electron chi connectivity index (χ1n) is 6.97. The van der Waals surface area contributed by atoms with Gasteiger partial charge in [0.25, 0.3) is 0 Å². The number of benzene rings is 1. The minimum Gasteiger partial charge on any atom is -0.326 e. The molecule has 0 saturated heterocycles. The molecule has 1 aliphatic carbocycles. The van der Waals surface area contributed by atoms with Crippen LogP contribution in [0.2, 0.25) is 0 Å². The number of rotatable bonds is 4. The highest BCUT2D eigenvalue weighted by atomic mass is 16.2. The lowest BCUT2D eigenvalue weighted by atomic mass is 10.1. The predicted octanol–water partition coefficient (Wildman–Crippen LogP) is 2.74. The summed E-state index contributed by atoms with van der Waals surface area (Å²) in [4.78, 5) is 11.8. The van der Waals surface area contributed by atoms with Gasteiger partial charge in [-0.3, -0.25) is 4.79 Å². The van der Waals surface area contributed by atoms with Crippen molar-refractivity contribution in [2.75, 3.05) is 5.32 Å². The van der Waals surface area contributed by atoms with Crippen LogP contribution < -0.4 is 5.32 Å². The second-order valence-electron chi connectivity index (χ2n) is 5.54. The number of anilines is 1. The number of hydrogen-bond acceptors (Lipinski definition) is 3. The first-order chi connectivity index (χ1) is 9.65. The minimum atomic E-state index is 0.116. The van der Waals surface area contributed by atoms with Gasteiger partial charge in [-0.2, -0.15) is 0 Å². The van der Waals surface area contributed by atoms with Crippen molar-refractivity contribution in [3.8, 4) is 5.69 Å². The molecule has 2 aromatic rings. The van der Waals surface area contributed by atoms with Crippen LogP contribution in [-0.2, 0) is 4.79 Å². The molecule has 1 aromatic heterocycles. The molecule has 20 heavy (non-hydrogen) atoms. The number of nitrogens with one attached hydrogen (secondary N) is 1. The van der Waals surface area contributed by atoms with Crippen molar-refractivity contribution in [2.24, 2.45) is 5.92 Å². The first kappa shape index (κ1) is 12.8. The molecule has 1 N–H and O–H groups in total. The van der Waals surface area contributed by atoms with Gasteiger partial charge in [0.2, 0.25) is 5.91 Å². The molecule has 0 atom stereocenters. The lowest BCUT2D eigenvalue weighted by Crippen LogP contribution is -2.13. The molecular weight excluding hydrogens is 252 g/mol. The fourth-order valence-electron chi connectivity index (χ4n) is 2.14. The van der Waals surface area contributed by atoms with Gasteiger partial charge in [0.1, 0.15) is 0 Å². The highest BCUT2D eigenvalue weighted by Gasteiger charge is 2.29. The summed E-state index contributed by atoms with van der Waals surface area (Å²) in [6, 6.07) is 7.72. The largest absolute Gasteiger partial charge is 0.326 e. The molecule has 1 amide bonds. The van der Waals surface area contributed by atoms with Crippen LogP contribution >= 0.6 is 0 Å². The Kier molecular flexibility index (Phi) is 3.26. The van der Waals surface area contributed by atoms with E-state index in [4.69, 9.17) is 0 Å². The standard InChI is InChI=1S/C15H18N4O/c1-10(2)14-9-16-18-19(14)13-5-3-4-12(8-13)17-15(20)11-6-7-11/h3-5,8-11H,6-7H2,1-2H3,(H,17,20). The van der Waals surface area contributed by atoms with Crippen molar-refractivity contribution >= 4 is 11.6 Å². The summed E-state index contributed by atoms with van der Waals surface area (Å²) in [5, 5.41) is 11.1. The van der Waals surface area contributed by atoms with Crippen LogP contribution in [0.15, 0.2) is 30.5 Å².